The molecule has 1 saturated heterocycles. The predicted molar refractivity (Wildman–Crippen MR) is 87.3 cm³/mol. The molecule has 1 heterocycles. The van der Waals surface area contributed by atoms with Crippen LogP contribution in [0.5, 0.6) is 0 Å². The van der Waals surface area contributed by atoms with Crippen molar-refractivity contribution in [2.75, 3.05) is 26.2 Å². The summed E-state index contributed by atoms with van der Waals surface area (Å²) in [7, 11) is 0. The van der Waals surface area contributed by atoms with Gasteiger partial charge in [0.25, 0.3) is 0 Å². The minimum absolute atomic E-state index is 0.252. The molecule has 2 nitrogen and oxygen atoms in total. The molecule has 0 spiro atoms. The van der Waals surface area contributed by atoms with Crippen molar-refractivity contribution in [3.63, 3.8) is 0 Å². The maximum absolute atomic E-state index is 3.47. The van der Waals surface area contributed by atoms with Crippen molar-refractivity contribution >= 4 is 0 Å². The Bertz CT molecular complexity index is 442. The fourth-order valence-corrected chi connectivity index (χ4v) is 3.73. The Hall–Kier alpha value is -0.860. The van der Waals surface area contributed by atoms with E-state index in [9.17, 15) is 0 Å². The van der Waals surface area contributed by atoms with Gasteiger partial charge in [0.05, 0.1) is 0 Å². The lowest BCUT2D eigenvalue weighted by Gasteiger charge is -2.44. The van der Waals surface area contributed by atoms with Gasteiger partial charge in [-0.15, -0.1) is 0 Å². The second-order valence-corrected chi connectivity index (χ2v) is 7.37. The van der Waals surface area contributed by atoms with Crippen molar-refractivity contribution in [1.82, 2.24) is 10.2 Å². The Balaban J connectivity index is 2.46. The van der Waals surface area contributed by atoms with Gasteiger partial charge in [-0.2, -0.15) is 0 Å². The monoisotopic (exact) mass is 274 g/mol. The highest BCUT2D eigenvalue weighted by molar-refractivity contribution is 5.40. The van der Waals surface area contributed by atoms with Crippen molar-refractivity contribution in [2.24, 2.45) is 5.41 Å². The van der Waals surface area contributed by atoms with Crippen LogP contribution < -0.4 is 5.32 Å². The molecular formula is C18H30N2. The number of rotatable bonds is 2. The zero-order valence-corrected chi connectivity index (χ0v) is 14.0. The Morgan fingerprint density at radius 2 is 1.50 bits per heavy atom. The van der Waals surface area contributed by atoms with Crippen molar-refractivity contribution in [3.05, 3.63) is 34.4 Å². The summed E-state index contributed by atoms with van der Waals surface area (Å²) in [5, 5.41) is 3.47. The summed E-state index contributed by atoms with van der Waals surface area (Å²) in [5.74, 6) is 0. The molecule has 0 saturated carbocycles. The number of hydrogen-bond donors (Lipinski definition) is 1. The molecule has 1 fully saturated rings. The molecule has 1 aromatic rings. The number of nitrogens with zero attached hydrogens (tertiary/aromatic N) is 1. The maximum Gasteiger partial charge on any atom is 0.0402 e. The van der Waals surface area contributed by atoms with Crippen LogP contribution in [0.2, 0.25) is 0 Å². The van der Waals surface area contributed by atoms with E-state index in [1.54, 1.807) is 5.56 Å². The largest absolute Gasteiger partial charge is 0.314 e. The minimum atomic E-state index is 0.252. The lowest BCUT2D eigenvalue weighted by molar-refractivity contribution is 0.0853. The van der Waals surface area contributed by atoms with E-state index in [1.165, 1.54) is 16.7 Å². The molecule has 0 aromatic heterocycles. The van der Waals surface area contributed by atoms with Crippen LogP contribution >= 0.6 is 0 Å². The van der Waals surface area contributed by atoms with Crippen molar-refractivity contribution in [2.45, 2.75) is 47.6 Å². The van der Waals surface area contributed by atoms with E-state index < -0.39 is 0 Å². The summed E-state index contributed by atoms with van der Waals surface area (Å²) >= 11 is 0. The molecule has 0 radical (unpaired) electrons. The average Bonchev–Trinajstić information content (AvgIpc) is 2.33. The highest BCUT2D eigenvalue weighted by Crippen LogP contribution is 2.41. The first-order valence-corrected chi connectivity index (χ1v) is 7.83. The second-order valence-electron chi connectivity index (χ2n) is 7.37. The second kappa shape index (κ2) is 5.87. The number of benzene rings is 1. The fraction of sp³-hybridized carbons (Fsp3) is 0.667. The Kier molecular flexibility index (Phi) is 4.55. The highest BCUT2D eigenvalue weighted by atomic mass is 15.2. The lowest BCUT2D eigenvalue weighted by Crippen LogP contribution is -2.48. The number of hydrogen-bond acceptors (Lipinski definition) is 2. The van der Waals surface area contributed by atoms with Gasteiger partial charge in [0.15, 0.2) is 0 Å². The standard InChI is InChI=1S/C18H30N2/c1-13-11-14(2)16(15(3)12-13)17(18(4,5)6)20-9-7-19-8-10-20/h11-12,17,19H,7-10H2,1-6H3/t17-/m0/s1. The van der Waals surface area contributed by atoms with Crippen LogP contribution in [0.3, 0.4) is 0 Å². The minimum Gasteiger partial charge on any atom is -0.314 e. The molecule has 112 valence electrons. The molecule has 0 bridgehead atoms. The Labute approximate surface area is 124 Å². The third-order valence-electron chi connectivity index (χ3n) is 4.35. The molecule has 0 aliphatic carbocycles. The summed E-state index contributed by atoms with van der Waals surface area (Å²) in [6.07, 6.45) is 0. The van der Waals surface area contributed by atoms with Gasteiger partial charge in [-0.1, -0.05) is 38.5 Å². The lowest BCUT2D eigenvalue weighted by atomic mass is 9.77. The quantitative estimate of drug-likeness (QED) is 0.886. The zero-order chi connectivity index (χ0) is 14.9. The van der Waals surface area contributed by atoms with Crippen LogP contribution in [-0.2, 0) is 0 Å². The smallest absolute Gasteiger partial charge is 0.0402 e. The van der Waals surface area contributed by atoms with Gasteiger partial charge in [-0.3, -0.25) is 4.90 Å². The van der Waals surface area contributed by atoms with Crippen molar-refractivity contribution < 1.29 is 0 Å². The maximum atomic E-state index is 3.47. The van der Waals surface area contributed by atoms with Crippen molar-refractivity contribution in [3.8, 4) is 0 Å². The fourth-order valence-electron chi connectivity index (χ4n) is 3.73. The predicted octanol–water partition coefficient (Wildman–Crippen LogP) is 3.60. The molecule has 1 aliphatic rings. The summed E-state index contributed by atoms with van der Waals surface area (Å²) in [6.45, 7) is 18.4. The third kappa shape index (κ3) is 3.24. The summed E-state index contributed by atoms with van der Waals surface area (Å²) in [6, 6.07) is 5.18. The van der Waals surface area contributed by atoms with Crippen LogP contribution in [0.1, 0.15) is 49.1 Å². The Morgan fingerprint density at radius 1 is 1.00 bits per heavy atom. The van der Waals surface area contributed by atoms with E-state index in [4.69, 9.17) is 0 Å². The van der Waals surface area contributed by atoms with Gasteiger partial charge < -0.3 is 5.32 Å². The molecule has 1 N–H and O–H groups in total. The molecular weight excluding hydrogens is 244 g/mol. The van der Waals surface area contributed by atoms with E-state index >= 15 is 0 Å². The van der Waals surface area contributed by atoms with Crippen LogP contribution in [0.15, 0.2) is 12.1 Å². The first-order valence-electron chi connectivity index (χ1n) is 7.83. The molecule has 1 atom stereocenters. The normalized spacial score (nSPS) is 19.1. The highest BCUT2D eigenvalue weighted by Gasteiger charge is 2.34. The van der Waals surface area contributed by atoms with Crippen LogP contribution in [-0.4, -0.2) is 31.1 Å². The van der Waals surface area contributed by atoms with Gasteiger partial charge in [0.1, 0.15) is 0 Å². The molecule has 0 amide bonds. The number of nitrogens with one attached hydrogen (secondary N) is 1. The summed E-state index contributed by atoms with van der Waals surface area (Å²) in [4.78, 5) is 2.67. The van der Waals surface area contributed by atoms with Gasteiger partial charge in [0, 0.05) is 32.2 Å². The van der Waals surface area contributed by atoms with Crippen LogP contribution in [0, 0.1) is 26.2 Å². The van der Waals surface area contributed by atoms with E-state index in [0.29, 0.717) is 6.04 Å². The Morgan fingerprint density at radius 3 is 1.95 bits per heavy atom. The van der Waals surface area contributed by atoms with E-state index in [1.807, 2.05) is 0 Å². The van der Waals surface area contributed by atoms with Crippen LogP contribution in [0.25, 0.3) is 0 Å². The van der Waals surface area contributed by atoms with Crippen molar-refractivity contribution in [1.29, 1.82) is 0 Å². The summed E-state index contributed by atoms with van der Waals surface area (Å²) < 4.78 is 0. The molecule has 20 heavy (non-hydrogen) atoms. The van der Waals surface area contributed by atoms with Gasteiger partial charge in [-0.25, -0.2) is 0 Å². The molecule has 1 aromatic carbocycles. The van der Waals surface area contributed by atoms with E-state index in [-0.39, 0.29) is 5.41 Å². The third-order valence-corrected chi connectivity index (χ3v) is 4.35. The molecule has 2 rings (SSSR count). The summed E-state index contributed by atoms with van der Waals surface area (Å²) in [5.41, 5.74) is 6.06. The van der Waals surface area contributed by atoms with E-state index in [2.05, 4.69) is 63.9 Å². The van der Waals surface area contributed by atoms with Crippen LogP contribution in [0.4, 0.5) is 0 Å². The zero-order valence-electron chi connectivity index (χ0n) is 14.0. The molecule has 2 heteroatoms. The molecule has 0 unspecified atom stereocenters. The molecule has 1 aliphatic heterocycles. The first kappa shape index (κ1) is 15.5. The van der Waals surface area contributed by atoms with Gasteiger partial charge in [0.2, 0.25) is 0 Å². The topological polar surface area (TPSA) is 15.3 Å². The van der Waals surface area contributed by atoms with Gasteiger partial charge >= 0.3 is 0 Å². The van der Waals surface area contributed by atoms with Gasteiger partial charge in [-0.05, 0) is 42.9 Å². The SMILES string of the molecule is Cc1cc(C)c([C@H](N2CCNCC2)C(C)(C)C)c(C)c1. The first-order chi connectivity index (χ1) is 9.30. The average molecular weight is 274 g/mol. The number of aryl methyl sites for hydroxylation is 3. The van der Waals surface area contributed by atoms with E-state index in [0.717, 1.165) is 26.2 Å². The number of piperazine rings is 1.